The van der Waals surface area contributed by atoms with Crippen molar-refractivity contribution in [3.8, 4) is 0 Å². The van der Waals surface area contributed by atoms with Crippen molar-refractivity contribution in [2.24, 2.45) is 12.0 Å². The average molecular weight is 474 g/mol. The summed E-state index contributed by atoms with van der Waals surface area (Å²) in [5.41, 5.74) is 2.55. The van der Waals surface area contributed by atoms with Crippen LogP contribution < -0.4 is 5.32 Å². The molecule has 5 nitrogen and oxygen atoms in total. The topological polar surface area (TPSA) is 45.5 Å². The molecule has 2 heterocycles. The first-order valence-corrected chi connectivity index (χ1v) is 8.72. The van der Waals surface area contributed by atoms with Crippen LogP contribution in [0.25, 0.3) is 0 Å². The maximum Gasteiger partial charge on any atom is 0.193 e. The second-order valence-electron chi connectivity index (χ2n) is 6.23. The predicted molar refractivity (Wildman–Crippen MR) is 114 cm³/mol. The standard InChI is InChI=1S/C18H24ClN5.HI/c1-20-18(21-8-6-14-4-3-5-17(19)10-14)24-9-7-15(13-24)16-11-22-23(2)12-16;/h3-5,10-12,15H,6-9,13H2,1-2H3,(H,20,21);1H. The summed E-state index contributed by atoms with van der Waals surface area (Å²) < 4.78 is 1.87. The van der Waals surface area contributed by atoms with E-state index >= 15 is 0 Å². The molecule has 0 saturated carbocycles. The van der Waals surface area contributed by atoms with Crippen molar-refractivity contribution in [2.75, 3.05) is 26.7 Å². The van der Waals surface area contributed by atoms with Gasteiger partial charge in [-0.15, -0.1) is 24.0 Å². The molecule has 1 saturated heterocycles. The third kappa shape index (κ3) is 5.34. The number of nitrogens with one attached hydrogen (secondary N) is 1. The highest BCUT2D eigenvalue weighted by Crippen LogP contribution is 2.26. The lowest BCUT2D eigenvalue weighted by Gasteiger charge is -2.21. The zero-order valence-corrected chi connectivity index (χ0v) is 17.7. The Morgan fingerprint density at radius 1 is 1.44 bits per heavy atom. The molecule has 1 aromatic carbocycles. The zero-order chi connectivity index (χ0) is 16.9. The molecule has 0 spiro atoms. The number of halogens is 2. The van der Waals surface area contributed by atoms with Gasteiger partial charge in [0.25, 0.3) is 0 Å². The number of hydrogen-bond acceptors (Lipinski definition) is 2. The summed E-state index contributed by atoms with van der Waals surface area (Å²) in [7, 11) is 3.81. The molecule has 0 radical (unpaired) electrons. The van der Waals surface area contributed by atoms with Crippen LogP contribution in [0.3, 0.4) is 0 Å². The third-order valence-corrected chi connectivity index (χ3v) is 4.72. The number of rotatable bonds is 4. The molecule has 2 aromatic rings. The van der Waals surface area contributed by atoms with Crippen LogP contribution in [-0.4, -0.2) is 47.3 Å². The minimum Gasteiger partial charge on any atom is -0.356 e. The number of aromatic nitrogens is 2. The molecule has 25 heavy (non-hydrogen) atoms. The molecular formula is C18H25ClIN5. The molecule has 1 atom stereocenters. The van der Waals surface area contributed by atoms with Crippen LogP contribution in [0, 0.1) is 0 Å². The number of likely N-dealkylation sites (tertiary alicyclic amines) is 1. The maximum absolute atomic E-state index is 6.03. The lowest BCUT2D eigenvalue weighted by Crippen LogP contribution is -2.40. The van der Waals surface area contributed by atoms with Crippen LogP contribution >= 0.6 is 35.6 Å². The van der Waals surface area contributed by atoms with Crippen molar-refractivity contribution in [3.63, 3.8) is 0 Å². The first-order chi connectivity index (χ1) is 11.7. The Hall–Kier alpha value is -1.28. The van der Waals surface area contributed by atoms with Crippen molar-refractivity contribution < 1.29 is 0 Å². The van der Waals surface area contributed by atoms with Gasteiger partial charge >= 0.3 is 0 Å². The van der Waals surface area contributed by atoms with Gasteiger partial charge in [0.15, 0.2) is 5.96 Å². The smallest absolute Gasteiger partial charge is 0.193 e. The number of nitrogens with zero attached hydrogens (tertiary/aromatic N) is 4. The highest BCUT2D eigenvalue weighted by atomic mass is 127. The van der Waals surface area contributed by atoms with E-state index in [0.29, 0.717) is 5.92 Å². The fourth-order valence-corrected chi connectivity index (χ4v) is 3.43. The Labute approximate surface area is 171 Å². The van der Waals surface area contributed by atoms with Crippen LogP contribution in [0.15, 0.2) is 41.7 Å². The molecule has 1 N–H and O–H groups in total. The van der Waals surface area contributed by atoms with Gasteiger partial charge in [0.1, 0.15) is 0 Å². The highest BCUT2D eigenvalue weighted by molar-refractivity contribution is 14.0. The summed E-state index contributed by atoms with van der Waals surface area (Å²) in [5.74, 6) is 1.51. The first kappa shape index (κ1) is 20.0. The number of aliphatic imine (C=N–C) groups is 1. The molecule has 0 amide bonds. The van der Waals surface area contributed by atoms with Gasteiger partial charge in [-0.1, -0.05) is 23.7 Å². The molecule has 1 aliphatic heterocycles. The Bertz CT molecular complexity index is 715. The normalized spacial score (nSPS) is 17.5. The summed E-state index contributed by atoms with van der Waals surface area (Å²) in [6, 6.07) is 8.01. The van der Waals surface area contributed by atoms with E-state index in [2.05, 4.69) is 32.6 Å². The monoisotopic (exact) mass is 473 g/mol. The minimum absolute atomic E-state index is 0. The van der Waals surface area contributed by atoms with Crippen molar-refractivity contribution >= 4 is 41.5 Å². The van der Waals surface area contributed by atoms with Crippen LogP contribution in [0.5, 0.6) is 0 Å². The molecule has 1 unspecified atom stereocenters. The van der Waals surface area contributed by atoms with Crippen molar-refractivity contribution in [3.05, 3.63) is 52.8 Å². The molecule has 136 valence electrons. The lowest BCUT2D eigenvalue weighted by molar-refractivity contribution is 0.486. The molecule has 1 fully saturated rings. The number of hydrogen-bond donors (Lipinski definition) is 1. The first-order valence-electron chi connectivity index (χ1n) is 8.34. The maximum atomic E-state index is 6.03. The number of aryl methyl sites for hydroxylation is 1. The van der Waals surface area contributed by atoms with Gasteiger partial charge in [-0.25, -0.2) is 0 Å². The van der Waals surface area contributed by atoms with Crippen LogP contribution in [0.1, 0.15) is 23.5 Å². The van der Waals surface area contributed by atoms with Gasteiger partial charge in [-0.05, 0) is 36.1 Å². The zero-order valence-electron chi connectivity index (χ0n) is 14.7. The quantitative estimate of drug-likeness (QED) is 0.421. The minimum atomic E-state index is 0. The van der Waals surface area contributed by atoms with E-state index in [1.807, 2.05) is 43.2 Å². The second kappa shape index (κ2) is 9.43. The fraction of sp³-hybridized carbons (Fsp3) is 0.444. The van der Waals surface area contributed by atoms with Crippen LogP contribution in [0.4, 0.5) is 0 Å². The molecule has 1 aromatic heterocycles. The Balaban J connectivity index is 0.00000225. The Kier molecular flexibility index (Phi) is 7.56. The largest absolute Gasteiger partial charge is 0.356 e. The molecule has 1 aliphatic rings. The van der Waals surface area contributed by atoms with Crippen LogP contribution in [-0.2, 0) is 13.5 Å². The third-order valence-electron chi connectivity index (χ3n) is 4.48. The van der Waals surface area contributed by atoms with E-state index in [9.17, 15) is 0 Å². The second-order valence-corrected chi connectivity index (χ2v) is 6.67. The molecule has 0 bridgehead atoms. The SMILES string of the molecule is CN=C(NCCc1cccc(Cl)c1)N1CCC(c2cnn(C)c2)C1.I. The van der Waals surface area contributed by atoms with Gasteiger partial charge in [0, 0.05) is 50.9 Å². The van der Waals surface area contributed by atoms with Gasteiger partial charge in [-0.3, -0.25) is 9.67 Å². The van der Waals surface area contributed by atoms with Crippen molar-refractivity contribution in [1.29, 1.82) is 0 Å². The molecule has 0 aliphatic carbocycles. The van der Waals surface area contributed by atoms with E-state index in [1.165, 1.54) is 11.1 Å². The van der Waals surface area contributed by atoms with Gasteiger partial charge in [0.05, 0.1) is 6.20 Å². The molecule has 3 rings (SSSR count). The van der Waals surface area contributed by atoms with Crippen molar-refractivity contribution in [2.45, 2.75) is 18.8 Å². The Morgan fingerprint density at radius 2 is 2.28 bits per heavy atom. The average Bonchev–Trinajstić information content (AvgIpc) is 3.20. The lowest BCUT2D eigenvalue weighted by atomic mass is 10.0. The summed E-state index contributed by atoms with van der Waals surface area (Å²) in [4.78, 5) is 6.77. The summed E-state index contributed by atoms with van der Waals surface area (Å²) in [6.07, 6.45) is 6.16. The van der Waals surface area contributed by atoms with Gasteiger partial charge in [0.2, 0.25) is 0 Å². The summed E-state index contributed by atoms with van der Waals surface area (Å²) in [5, 5.41) is 8.54. The number of guanidine groups is 1. The summed E-state index contributed by atoms with van der Waals surface area (Å²) >= 11 is 6.03. The van der Waals surface area contributed by atoms with E-state index in [1.54, 1.807) is 0 Å². The summed E-state index contributed by atoms with van der Waals surface area (Å²) in [6.45, 7) is 2.86. The highest BCUT2D eigenvalue weighted by Gasteiger charge is 2.26. The van der Waals surface area contributed by atoms with E-state index in [4.69, 9.17) is 11.6 Å². The molecular weight excluding hydrogens is 449 g/mol. The number of benzene rings is 1. The van der Waals surface area contributed by atoms with Gasteiger partial charge in [-0.2, -0.15) is 5.10 Å². The van der Waals surface area contributed by atoms with E-state index < -0.39 is 0 Å². The van der Waals surface area contributed by atoms with Crippen molar-refractivity contribution in [1.82, 2.24) is 20.0 Å². The molecule has 7 heteroatoms. The Morgan fingerprint density at radius 3 is 2.96 bits per heavy atom. The van der Waals surface area contributed by atoms with E-state index in [-0.39, 0.29) is 24.0 Å². The van der Waals surface area contributed by atoms with Gasteiger partial charge < -0.3 is 10.2 Å². The fourth-order valence-electron chi connectivity index (χ4n) is 3.22. The van der Waals surface area contributed by atoms with E-state index in [0.717, 1.165) is 43.5 Å². The predicted octanol–water partition coefficient (Wildman–Crippen LogP) is 3.30. The van der Waals surface area contributed by atoms with Crippen LogP contribution in [0.2, 0.25) is 5.02 Å².